The summed E-state index contributed by atoms with van der Waals surface area (Å²) >= 11 is 3.32. The van der Waals surface area contributed by atoms with Gasteiger partial charge in [0, 0.05) is 18.3 Å². The highest BCUT2D eigenvalue weighted by Gasteiger charge is 2.32. The molecular formula is C22H25BrF2N2O2. The molecule has 0 radical (unpaired) electrons. The summed E-state index contributed by atoms with van der Waals surface area (Å²) in [5, 5.41) is 3.00. The molecule has 3 rings (SSSR count). The number of pyridine rings is 1. The maximum Gasteiger partial charge on any atom is 0.265 e. The largest absolute Gasteiger partial charge is 0.345 e. The number of benzene rings is 1. The second kappa shape index (κ2) is 8.78. The molecule has 156 valence electrons. The van der Waals surface area contributed by atoms with Crippen molar-refractivity contribution in [2.24, 2.45) is 5.92 Å². The third-order valence-corrected chi connectivity index (χ3v) is 6.66. The summed E-state index contributed by atoms with van der Waals surface area (Å²) in [5.41, 5.74) is 1.84. The summed E-state index contributed by atoms with van der Waals surface area (Å²) in [4.78, 5) is 25.8. The Morgan fingerprint density at radius 1 is 1.24 bits per heavy atom. The molecule has 1 amide bonds. The Kier molecular flexibility index (Phi) is 6.56. The van der Waals surface area contributed by atoms with E-state index in [-0.39, 0.29) is 17.4 Å². The minimum atomic E-state index is -0.662. The van der Waals surface area contributed by atoms with Crippen molar-refractivity contribution >= 4 is 21.8 Å². The second-order valence-corrected chi connectivity index (χ2v) is 8.49. The van der Waals surface area contributed by atoms with E-state index in [1.54, 1.807) is 18.4 Å². The Morgan fingerprint density at radius 2 is 1.86 bits per heavy atom. The van der Waals surface area contributed by atoms with Crippen LogP contribution in [-0.2, 0) is 6.54 Å². The Labute approximate surface area is 177 Å². The SMILES string of the molecule is CCCn1c(C)c(C(=O)NC(c2cc(F)cc(F)c2)C2CCC2)c(C)c(Br)c1=O. The van der Waals surface area contributed by atoms with Gasteiger partial charge < -0.3 is 9.88 Å². The first-order valence-electron chi connectivity index (χ1n) is 9.90. The van der Waals surface area contributed by atoms with Crippen LogP contribution < -0.4 is 10.9 Å². The summed E-state index contributed by atoms with van der Waals surface area (Å²) in [6, 6.07) is 2.90. The third kappa shape index (κ3) is 4.29. The molecule has 1 aromatic heterocycles. The van der Waals surface area contributed by atoms with Gasteiger partial charge in [-0.1, -0.05) is 13.3 Å². The highest BCUT2D eigenvalue weighted by atomic mass is 79.9. The van der Waals surface area contributed by atoms with E-state index in [0.29, 0.717) is 33.4 Å². The van der Waals surface area contributed by atoms with Gasteiger partial charge in [0.2, 0.25) is 0 Å². The molecule has 1 heterocycles. The summed E-state index contributed by atoms with van der Waals surface area (Å²) < 4.78 is 29.6. The fourth-order valence-corrected chi connectivity index (χ4v) is 4.40. The van der Waals surface area contributed by atoms with Crippen molar-refractivity contribution in [3.05, 3.63) is 67.0 Å². The Morgan fingerprint density at radius 3 is 2.38 bits per heavy atom. The molecule has 1 N–H and O–H groups in total. The summed E-state index contributed by atoms with van der Waals surface area (Å²) in [5.74, 6) is -1.53. The Bertz CT molecular complexity index is 979. The molecule has 29 heavy (non-hydrogen) atoms. The van der Waals surface area contributed by atoms with Crippen molar-refractivity contribution in [1.82, 2.24) is 9.88 Å². The van der Waals surface area contributed by atoms with Crippen LogP contribution in [0.5, 0.6) is 0 Å². The lowest BCUT2D eigenvalue weighted by Gasteiger charge is -2.35. The zero-order valence-electron chi connectivity index (χ0n) is 16.8. The number of nitrogens with one attached hydrogen (secondary N) is 1. The number of nitrogens with zero attached hydrogens (tertiary/aromatic N) is 1. The highest BCUT2D eigenvalue weighted by Crippen LogP contribution is 2.38. The number of carbonyl (C=O) groups excluding carboxylic acids is 1. The molecule has 1 atom stereocenters. The number of aromatic nitrogens is 1. The van der Waals surface area contributed by atoms with Gasteiger partial charge >= 0.3 is 0 Å². The van der Waals surface area contributed by atoms with Gasteiger partial charge in [-0.15, -0.1) is 0 Å². The second-order valence-electron chi connectivity index (χ2n) is 7.70. The average Bonchev–Trinajstić information content (AvgIpc) is 2.61. The number of carbonyl (C=O) groups is 1. The van der Waals surface area contributed by atoms with Crippen LogP contribution in [0.1, 0.15) is 65.8 Å². The molecule has 1 saturated carbocycles. The summed E-state index contributed by atoms with van der Waals surface area (Å²) in [7, 11) is 0. The molecular weight excluding hydrogens is 442 g/mol. The molecule has 1 aromatic carbocycles. The molecule has 1 aliphatic rings. The van der Waals surface area contributed by atoms with Crippen molar-refractivity contribution in [1.29, 1.82) is 0 Å². The first kappa shape index (κ1) is 21.7. The van der Waals surface area contributed by atoms with E-state index in [4.69, 9.17) is 0 Å². The minimum Gasteiger partial charge on any atom is -0.345 e. The fourth-order valence-electron chi connectivity index (χ4n) is 3.99. The van der Waals surface area contributed by atoms with Crippen LogP contribution >= 0.6 is 15.9 Å². The fraction of sp³-hybridized carbons (Fsp3) is 0.455. The molecule has 0 saturated heterocycles. The number of hydrogen-bond acceptors (Lipinski definition) is 2. The number of rotatable bonds is 6. The standard InChI is InChI=1S/C22H25BrF2N2O2/c1-4-8-27-13(3)18(12(2)19(23)22(27)29)21(28)26-20(14-6-5-7-14)15-9-16(24)11-17(25)10-15/h9-11,14,20H,4-8H2,1-3H3,(H,26,28). The predicted octanol–water partition coefficient (Wildman–Crippen LogP) is 5.19. The van der Waals surface area contributed by atoms with E-state index in [9.17, 15) is 18.4 Å². The maximum atomic E-state index is 13.8. The molecule has 1 unspecified atom stereocenters. The van der Waals surface area contributed by atoms with Crippen molar-refractivity contribution in [3.63, 3.8) is 0 Å². The van der Waals surface area contributed by atoms with Gasteiger partial charge in [0.05, 0.1) is 16.1 Å². The predicted molar refractivity (Wildman–Crippen MR) is 112 cm³/mol. The number of hydrogen-bond donors (Lipinski definition) is 1. The minimum absolute atomic E-state index is 0.130. The van der Waals surface area contributed by atoms with Gasteiger partial charge in [-0.25, -0.2) is 8.78 Å². The van der Waals surface area contributed by atoms with Gasteiger partial charge in [-0.05, 0) is 78.2 Å². The van der Waals surface area contributed by atoms with E-state index in [1.165, 1.54) is 12.1 Å². The lowest BCUT2D eigenvalue weighted by molar-refractivity contribution is 0.0897. The van der Waals surface area contributed by atoms with E-state index in [2.05, 4.69) is 21.2 Å². The summed E-state index contributed by atoms with van der Waals surface area (Å²) in [6.45, 7) is 5.95. The van der Waals surface area contributed by atoms with Crippen LogP contribution in [0.4, 0.5) is 8.78 Å². The Balaban J connectivity index is 2.02. The van der Waals surface area contributed by atoms with E-state index in [1.807, 2.05) is 6.92 Å². The van der Waals surface area contributed by atoms with Crippen LogP contribution in [0, 0.1) is 31.4 Å². The summed E-state index contributed by atoms with van der Waals surface area (Å²) in [6.07, 6.45) is 3.56. The van der Waals surface area contributed by atoms with Gasteiger partial charge in [-0.2, -0.15) is 0 Å². The van der Waals surface area contributed by atoms with Crippen molar-refractivity contribution < 1.29 is 13.6 Å². The van der Waals surface area contributed by atoms with Crippen LogP contribution in [0.3, 0.4) is 0 Å². The maximum absolute atomic E-state index is 13.8. The Hall–Kier alpha value is -2.02. The number of halogens is 3. The zero-order valence-corrected chi connectivity index (χ0v) is 18.4. The van der Waals surface area contributed by atoms with Gasteiger partial charge in [0.25, 0.3) is 11.5 Å². The van der Waals surface area contributed by atoms with E-state index < -0.39 is 17.7 Å². The molecule has 0 aliphatic heterocycles. The van der Waals surface area contributed by atoms with Gasteiger partial charge in [0.15, 0.2) is 0 Å². The lowest BCUT2D eigenvalue weighted by Crippen LogP contribution is -2.38. The van der Waals surface area contributed by atoms with Crippen LogP contribution in [0.2, 0.25) is 0 Å². The van der Waals surface area contributed by atoms with Gasteiger partial charge in [0.1, 0.15) is 11.6 Å². The molecule has 1 fully saturated rings. The molecule has 7 heteroatoms. The normalized spacial score (nSPS) is 15.1. The highest BCUT2D eigenvalue weighted by molar-refractivity contribution is 9.10. The molecule has 4 nitrogen and oxygen atoms in total. The van der Waals surface area contributed by atoms with E-state index in [0.717, 1.165) is 31.7 Å². The zero-order chi connectivity index (χ0) is 21.3. The monoisotopic (exact) mass is 466 g/mol. The average molecular weight is 467 g/mol. The first-order chi connectivity index (χ1) is 13.7. The molecule has 1 aliphatic carbocycles. The van der Waals surface area contributed by atoms with Crippen molar-refractivity contribution in [2.75, 3.05) is 0 Å². The molecule has 0 spiro atoms. The third-order valence-electron chi connectivity index (χ3n) is 5.73. The first-order valence-corrected chi connectivity index (χ1v) is 10.7. The lowest BCUT2D eigenvalue weighted by atomic mass is 9.77. The quantitative estimate of drug-likeness (QED) is 0.636. The topological polar surface area (TPSA) is 51.1 Å². The molecule has 0 bridgehead atoms. The van der Waals surface area contributed by atoms with Crippen LogP contribution in [-0.4, -0.2) is 10.5 Å². The van der Waals surface area contributed by atoms with Crippen LogP contribution in [0.15, 0.2) is 27.5 Å². The van der Waals surface area contributed by atoms with Gasteiger partial charge in [-0.3, -0.25) is 9.59 Å². The number of amides is 1. The van der Waals surface area contributed by atoms with Crippen LogP contribution in [0.25, 0.3) is 0 Å². The van der Waals surface area contributed by atoms with Crippen molar-refractivity contribution in [2.45, 2.75) is 59.0 Å². The van der Waals surface area contributed by atoms with E-state index >= 15 is 0 Å². The smallest absolute Gasteiger partial charge is 0.265 e. The van der Waals surface area contributed by atoms with Crippen molar-refractivity contribution in [3.8, 4) is 0 Å². The molecule has 2 aromatic rings.